The Morgan fingerprint density at radius 1 is 1.21 bits per heavy atom. The van der Waals surface area contributed by atoms with Crippen molar-refractivity contribution in [2.45, 2.75) is 38.8 Å². The molecule has 0 saturated carbocycles. The number of benzene rings is 1. The van der Waals surface area contributed by atoms with E-state index in [4.69, 9.17) is 5.11 Å². The number of urea groups is 1. The lowest BCUT2D eigenvalue weighted by Crippen LogP contribution is -2.43. The van der Waals surface area contributed by atoms with E-state index in [-0.39, 0.29) is 18.5 Å². The number of carbonyl (C=O) groups is 2. The fourth-order valence-electron chi connectivity index (χ4n) is 2.40. The molecule has 0 aliphatic rings. The topological polar surface area (TPSA) is 78.4 Å². The SMILES string of the molecule is Cc1ccsc1CNC(=O)NC(CCC(=O)O)Cc1ccccc1. The summed E-state index contributed by atoms with van der Waals surface area (Å²) in [6, 6.07) is 11.3. The van der Waals surface area contributed by atoms with Gasteiger partial charge in [-0.2, -0.15) is 0 Å². The molecule has 2 aromatic rings. The first-order chi connectivity index (χ1) is 11.5. The van der Waals surface area contributed by atoms with Crippen molar-refractivity contribution in [3.8, 4) is 0 Å². The largest absolute Gasteiger partial charge is 0.481 e. The van der Waals surface area contributed by atoms with Gasteiger partial charge in [0, 0.05) is 17.3 Å². The summed E-state index contributed by atoms with van der Waals surface area (Å²) in [5.41, 5.74) is 2.23. The number of thiophene rings is 1. The van der Waals surface area contributed by atoms with Gasteiger partial charge in [-0.25, -0.2) is 4.79 Å². The smallest absolute Gasteiger partial charge is 0.315 e. The maximum atomic E-state index is 12.1. The number of aliphatic carboxylic acids is 1. The van der Waals surface area contributed by atoms with E-state index in [2.05, 4.69) is 10.6 Å². The van der Waals surface area contributed by atoms with E-state index in [0.29, 0.717) is 19.4 Å². The minimum absolute atomic E-state index is 0.0296. The van der Waals surface area contributed by atoms with Crippen molar-refractivity contribution in [1.29, 1.82) is 0 Å². The average Bonchev–Trinajstić information content (AvgIpc) is 2.97. The van der Waals surface area contributed by atoms with Crippen LogP contribution in [0.1, 0.15) is 28.8 Å². The highest BCUT2D eigenvalue weighted by molar-refractivity contribution is 7.10. The van der Waals surface area contributed by atoms with Crippen LogP contribution >= 0.6 is 11.3 Å². The molecule has 1 aromatic carbocycles. The van der Waals surface area contributed by atoms with Crippen molar-refractivity contribution >= 4 is 23.3 Å². The molecule has 3 N–H and O–H groups in total. The van der Waals surface area contributed by atoms with Crippen LogP contribution in [0.4, 0.5) is 4.79 Å². The van der Waals surface area contributed by atoms with Gasteiger partial charge in [0.15, 0.2) is 0 Å². The molecule has 1 unspecified atom stereocenters. The summed E-state index contributed by atoms with van der Waals surface area (Å²) in [5, 5.41) is 16.6. The zero-order chi connectivity index (χ0) is 17.4. The van der Waals surface area contributed by atoms with Crippen LogP contribution in [0.2, 0.25) is 0 Å². The van der Waals surface area contributed by atoms with E-state index in [1.54, 1.807) is 11.3 Å². The molecule has 0 aliphatic heterocycles. The predicted octanol–water partition coefficient (Wildman–Crippen LogP) is 3.33. The molecule has 5 nitrogen and oxygen atoms in total. The Labute approximate surface area is 145 Å². The molecule has 2 amide bonds. The summed E-state index contributed by atoms with van der Waals surface area (Å²) >= 11 is 1.61. The zero-order valence-electron chi connectivity index (χ0n) is 13.6. The van der Waals surface area contributed by atoms with E-state index in [9.17, 15) is 9.59 Å². The Morgan fingerprint density at radius 2 is 1.96 bits per heavy atom. The third-order valence-corrected chi connectivity index (χ3v) is 4.77. The van der Waals surface area contributed by atoms with E-state index in [0.717, 1.165) is 16.0 Å². The van der Waals surface area contributed by atoms with Crippen molar-refractivity contribution in [2.75, 3.05) is 0 Å². The molecule has 2 rings (SSSR count). The lowest BCUT2D eigenvalue weighted by molar-refractivity contribution is -0.137. The number of hydrogen-bond acceptors (Lipinski definition) is 3. The lowest BCUT2D eigenvalue weighted by Gasteiger charge is -2.18. The Balaban J connectivity index is 1.89. The maximum absolute atomic E-state index is 12.1. The van der Waals surface area contributed by atoms with Crippen LogP contribution in [0.15, 0.2) is 41.8 Å². The molecular formula is C18H22N2O3S. The second kappa shape index (κ2) is 9.08. The summed E-state index contributed by atoms with van der Waals surface area (Å²) in [4.78, 5) is 24.1. The van der Waals surface area contributed by atoms with E-state index in [1.807, 2.05) is 48.7 Å². The third-order valence-electron chi connectivity index (χ3n) is 3.74. The van der Waals surface area contributed by atoms with Crippen LogP contribution < -0.4 is 10.6 Å². The van der Waals surface area contributed by atoms with Gasteiger partial charge in [-0.1, -0.05) is 30.3 Å². The molecule has 0 radical (unpaired) electrons. The Hall–Kier alpha value is -2.34. The Morgan fingerprint density at radius 3 is 2.58 bits per heavy atom. The fourth-order valence-corrected chi connectivity index (χ4v) is 3.25. The Bertz CT molecular complexity index is 670. The van der Waals surface area contributed by atoms with Crippen LogP contribution in [0.5, 0.6) is 0 Å². The van der Waals surface area contributed by atoms with E-state index < -0.39 is 5.97 Å². The predicted molar refractivity (Wildman–Crippen MR) is 95.2 cm³/mol. The monoisotopic (exact) mass is 346 g/mol. The summed E-state index contributed by atoms with van der Waals surface area (Å²) < 4.78 is 0. The second-order valence-electron chi connectivity index (χ2n) is 5.67. The number of aryl methyl sites for hydroxylation is 1. The van der Waals surface area contributed by atoms with Gasteiger partial charge in [-0.3, -0.25) is 4.79 Å². The summed E-state index contributed by atoms with van der Waals surface area (Å²) in [5.74, 6) is -0.857. The van der Waals surface area contributed by atoms with Crippen LogP contribution in [0, 0.1) is 6.92 Å². The average molecular weight is 346 g/mol. The van der Waals surface area contributed by atoms with E-state index >= 15 is 0 Å². The van der Waals surface area contributed by atoms with Crippen molar-refractivity contribution in [1.82, 2.24) is 10.6 Å². The standard InChI is InChI=1S/C18H22N2O3S/c1-13-9-10-24-16(13)12-19-18(23)20-15(7-8-17(21)22)11-14-5-3-2-4-6-14/h2-6,9-10,15H,7-8,11-12H2,1H3,(H,21,22)(H2,19,20,23). The highest BCUT2D eigenvalue weighted by atomic mass is 32.1. The minimum Gasteiger partial charge on any atom is -0.481 e. The molecule has 128 valence electrons. The number of amides is 2. The quantitative estimate of drug-likeness (QED) is 0.686. The zero-order valence-corrected chi connectivity index (χ0v) is 14.4. The number of carboxylic acids is 1. The summed E-state index contributed by atoms with van der Waals surface area (Å²) in [6.45, 7) is 2.49. The first kappa shape index (κ1) is 18.0. The molecule has 1 heterocycles. The molecule has 0 fully saturated rings. The van der Waals surface area contributed by atoms with Gasteiger partial charge in [-0.15, -0.1) is 11.3 Å². The van der Waals surface area contributed by atoms with Crippen LogP contribution in [0.3, 0.4) is 0 Å². The van der Waals surface area contributed by atoms with Gasteiger partial charge in [0.25, 0.3) is 0 Å². The van der Waals surface area contributed by atoms with Crippen LogP contribution in [-0.2, 0) is 17.8 Å². The number of carbonyl (C=O) groups excluding carboxylic acids is 1. The Kier molecular flexibility index (Phi) is 6.81. The molecule has 0 bridgehead atoms. The van der Waals surface area contributed by atoms with Gasteiger partial charge >= 0.3 is 12.0 Å². The van der Waals surface area contributed by atoms with Gasteiger partial charge in [0.1, 0.15) is 0 Å². The molecule has 0 saturated heterocycles. The number of hydrogen-bond donors (Lipinski definition) is 3. The molecule has 1 aromatic heterocycles. The van der Waals surface area contributed by atoms with Crippen LogP contribution in [0.25, 0.3) is 0 Å². The second-order valence-corrected chi connectivity index (χ2v) is 6.67. The first-order valence-electron chi connectivity index (χ1n) is 7.87. The van der Waals surface area contributed by atoms with E-state index in [1.165, 1.54) is 0 Å². The summed E-state index contributed by atoms with van der Waals surface area (Å²) in [6.07, 6.45) is 1.04. The summed E-state index contributed by atoms with van der Waals surface area (Å²) in [7, 11) is 0. The van der Waals surface area contributed by atoms with Gasteiger partial charge in [0.05, 0.1) is 6.54 Å². The lowest BCUT2D eigenvalue weighted by atomic mass is 10.0. The van der Waals surface area contributed by atoms with Crippen LogP contribution in [-0.4, -0.2) is 23.1 Å². The third kappa shape index (κ3) is 6.04. The van der Waals surface area contributed by atoms with Crippen molar-refractivity contribution in [2.24, 2.45) is 0 Å². The van der Waals surface area contributed by atoms with Crippen molar-refractivity contribution in [3.63, 3.8) is 0 Å². The number of rotatable bonds is 8. The normalized spacial score (nSPS) is 11.7. The molecular weight excluding hydrogens is 324 g/mol. The van der Waals surface area contributed by atoms with Crippen molar-refractivity contribution in [3.05, 3.63) is 57.8 Å². The minimum atomic E-state index is -0.857. The number of nitrogens with one attached hydrogen (secondary N) is 2. The maximum Gasteiger partial charge on any atom is 0.315 e. The van der Waals surface area contributed by atoms with Gasteiger partial charge < -0.3 is 15.7 Å². The highest BCUT2D eigenvalue weighted by Crippen LogP contribution is 2.14. The van der Waals surface area contributed by atoms with Gasteiger partial charge in [0.2, 0.25) is 0 Å². The molecule has 24 heavy (non-hydrogen) atoms. The molecule has 0 spiro atoms. The first-order valence-corrected chi connectivity index (χ1v) is 8.75. The van der Waals surface area contributed by atoms with Gasteiger partial charge in [-0.05, 0) is 42.3 Å². The molecule has 1 atom stereocenters. The molecule has 6 heteroatoms. The number of carboxylic acid groups (broad SMARTS) is 1. The molecule has 0 aliphatic carbocycles. The fraction of sp³-hybridized carbons (Fsp3) is 0.333. The highest BCUT2D eigenvalue weighted by Gasteiger charge is 2.15. The van der Waals surface area contributed by atoms with Crippen molar-refractivity contribution < 1.29 is 14.7 Å².